The molecule has 3 rings (SSSR count). The summed E-state index contributed by atoms with van der Waals surface area (Å²) in [4.78, 5) is 12.8. The summed E-state index contributed by atoms with van der Waals surface area (Å²) in [6, 6.07) is 3.78. The van der Waals surface area contributed by atoms with Gasteiger partial charge in [-0.05, 0) is 12.0 Å². The maximum Gasteiger partial charge on any atom is 0.234 e. The minimum atomic E-state index is 0.448. The third kappa shape index (κ3) is 3.30. The van der Waals surface area contributed by atoms with Crippen LogP contribution in [0.15, 0.2) is 36.9 Å². The van der Waals surface area contributed by atoms with Crippen LogP contribution in [0, 0.1) is 5.92 Å². The van der Waals surface area contributed by atoms with Gasteiger partial charge in [-0.25, -0.2) is 9.50 Å². The van der Waals surface area contributed by atoms with Crippen molar-refractivity contribution in [2.45, 2.75) is 20.4 Å². The van der Waals surface area contributed by atoms with Crippen molar-refractivity contribution in [3.8, 4) is 5.88 Å². The molecule has 0 unspecified atom stereocenters. The summed E-state index contributed by atoms with van der Waals surface area (Å²) in [5.74, 6) is 1.64. The molecule has 0 aliphatic carbocycles. The SMILES string of the molecule is CC(C)COc1cncc(NCc2ccnc3ccnn23)n1. The Balaban J connectivity index is 1.68. The molecule has 0 aliphatic rings. The largest absolute Gasteiger partial charge is 0.476 e. The molecule has 3 aromatic rings. The predicted molar refractivity (Wildman–Crippen MR) is 82.7 cm³/mol. The lowest BCUT2D eigenvalue weighted by atomic mass is 10.2. The van der Waals surface area contributed by atoms with E-state index in [4.69, 9.17) is 4.74 Å². The van der Waals surface area contributed by atoms with Gasteiger partial charge in [0.2, 0.25) is 5.88 Å². The lowest BCUT2D eigenvalue weighted by Gasteiger charge is -2.10. The Morgan fingerprint density at radius 2 is 2.14 bits per heavy atom. The Kier molecular flexibility index (Phi) is 4.13. The topological polar surface area (TPSA) is 77.2 Å². The zero-order valence-corrected chi connectivity index (χ0v) is 12.6. The fourth-order valence-electron chi connectivity index (χ4n) is 1.96. The first-order valence-corrected chi connectivity index (χ1v) is 7.19. The van der Waals surface area contributed by atoms with Crippen LogP contribution in [0.25, 0.3) is 5.65 Å². The molecule has 7 heteroatoms. The van der Waals surface area contributed by atoms with Gasteiger partial charge in [-0.15, -0.1) is 0 Å². The Hall–Kier alpha value is -2.70. The average Bonchev–Trinajstić information content (AvgIpc) is 3.00. The summed E-state index contributed by atoms with van der Waals surface area (Å²) in [7, 11) is 0. The maximum atomic E-state index is 5.58. The highest BCUT2D eigenvalue weighted by molar-refractivity contribution is 5.39. The fraction of sp³-hybridized carbons (Fsp3) is 0.333. The van der Waals surface area contributed by atoms with Gasteiger partial charge >= 0.3 is 0 Å². The first-order valence-electron chi connectivity index (χ1n) is 7.19. The van der Waals surface area contributed by atoms with E-state index in [0.717, 1.165) is 11.3 Å². The molecule has 0 spiro atoms. The smallest absolute Gasteiger partial charge is 0.234 e. The molecule has 0 amide bonds. The molecule has 0 aromatic carbocycles. The summed E-state index contributed by atoms with van der Waals surface area (Å²) in [5.41, 5.74) is 1.81. The van der Waals surface area contributed by atoms with Crippen LogP contribution >= 0.6 is 0 Å². The number of fused-ring (bicyclic) bond motifs is 1. The minimum Gasteiger partial charge on any atom is -0.476 e. The first kappa shape index (κ1) is 14.2. The summed E-state index contributed by atoms with van der Waals surface area (Å²) >= 11 is 0. The van der Waals surface area contributed by atoms with Crippen molar-refractivity contribution in [1.82, 2.24) is 24.6 Å². The Morgan fingerprint density at radius 3 is 3.00 bits per heavy atom. The fourth-order valence-corrected chi connectivity index (χ4v) is 1.96. The number of hydrogen-bond donors (Lipinski definition) is 1. The van der Waals surface area contributed by atoms with E-state index in [1.165, 1.54) is 0 Å². The molecule has 114 valence electrons. The van der Waals surface area contributed by atoms with E-state index in [1.807, 2.05) is 12.1 Å². The van der Waals surface area contributed by atoms with Crippen molar-refractivity contribution in [2.24, 2.45) is 5.92 Å². The van der Waals surface area contributed by atoms with Crippen LogP contribution < -0.4 is 10.1 Å². The van der Waals surface area contributed by atoms with Crippen LogP contribution in [0.3, 0.4) is 0 Å². The van der Waals surface area contributed by atoms with Crippen molar-refractivity contribution in [3.05, 3.63) is 42.6 Å². The number of aromatic nitrogens is 5. The molecule has 0 fully saturated rings. The molecule has 22 heavy (non-hydrogen) atoms. The van der Waals surface area contributed by atoms with Gasteiger partial charge in [0, 0.05) is 12.3 Å². The van der Waals surface area contributed by atoms with Crippen LogP contribution in [-0.4, -0.2) is 31.2 Å². The van der Waals surface area contributed by atoms with E-state index in [-0.39, 0.29) is 0 Å². The highest BCUT2D eigenvalue weighted by Gasteiger charge is 2.04. The molecule has 1 N–H and O–H groups in total. The highest BCUT2D eigenvalue weighted by atomic mass is 16.5. The van der Waals surface area contributed by atoms with Gasteiger partial charge in [-0.3, -0.25) is 4.98 Å². The van der Waals surface area contributed by atoms with E-state index >= 15 is 0 Å². The monoisotopic (exact) mass is 298 g/mol. The molecule has 0 saturated heterocycles. The quantitative estimate of drug-likeness (QED) is 0.751. The van der Waals surface area contributed by atoms with Crippen molar-refractivity contribution >= 4 is 11.5 Å². The van der Waals surface area contributed by atoms with E-state index in [0.29, 0.717) is 30.8 Å². The maximum absolute atomic E-state index is 5.58. The van der Waals surface area contributed by atoms with Crippen molar-refractivity contribution in [1.29, 1.82) is 0 Å². The van der Waals surface area contributed by atoms with Crippen LogP contribution in [0.1, 0.15) is 19.5 Å². The Morgan fingerprint density at radius 1 is 1.23 bits per heavy atom. The summed E-state index contributed by atoms with van der Waals surface area (Å²) in [6.45, 7) is 5.38. The molecule has 0 radical (unpaired) electrons. The normalized spacial score (nSPS) is 11.0. The molecule has 0 atom stereocenters. The van der Waals surface area contributed by atoms with Crippen molar-refractivity contribution < 1.29 is 4.74 Å². The number of rotatable bonds is 6. The number of anilines is 1. The molecule has 0 saturated carbocycles. The van der Waals surface area contributed by atoms with Gasteiger partial charge in [0.15, 0.2) is 5.65 Å². The zero-order valence-electron chi connectivity index (χ0n) is 12.6. The minimum absolute atomic E-state index is 0.448. The third-order valence-corrected chi connectivity index (χ3v) is 3.00. The van der Waals surface area contributed by atoms with Crippen LogP contribution in [-0.2, 0) is 6.54 Å². The van der Waals surface area contributed by atoms with Crippen LogP contribution in [0.2, 0.25) is 0 Å². The summed E-state index contributed by atoms with van der Waals surface area (Å²) in [6.07, 6.45) is 6.78. The second-order valence-corrected chi connectivity index (χ2v) is 5.34. The van der Waals surface area contributed by atoms with E-state index in [1.54, 1.807) is 29.3 Å². The lowest BCUT2D eigenvalue weighted by molar-refractivity contribution is 0.260. The zero-order chi connectivity index (χ0) is 15.4. The average molecular weight is 298 g/mol. The number of ether oxygens (including phenoxy) is 1. The highest BCUT2D eigenvalue weighted by Crippen LogP contribution is 2.12. The second-order valence-electron chi connectivity index (χ2n) is 5.34. The molecule has 0 bridgehead atoms. The first-order chi connectivity index (χ1) is 10.7. The van der Waals surface area contributed by atoms with E-state index in [2.05, 4.69) is 39.2 Å². The lowest BCUT2D eigenvalue weighted by Crippen LogP contribution is -2.09. The van der Waals surface area contributed by atoms with Gasteiger partial charge in [-0.1, -0.05) is 13.8 Å². The summed E-state index contributed by atoms with van der Waals surface area (Å²) < 4.78 is 7.37. The molecule has 7 nitrogen and oxygen atoms in total. The van der Waals surface area contributed by atoms with E-state index in [9.17, 15) is 0 Å². The summed E-state index contributed by atoms with van der Waals surface area (Å²) in [5, 5.41) is 7.48. The second kappa shape index (κ2) is 6.38. The molecular formula is C15H18N6O. The van der Waals surface area contributed by atoms with Gasteiger partial charge in [0.1, 0.15) is 5.82 Å². The van der Waals surface area contributed by atoms with Crippen LogP contribution in [0.4, 0.5) is 5.82 Å². The van der Waals surface area contributed by atoms with Gasteiger partial charge in [-0.2, -0.15) is 10.1 Å². The Bertz CT molecular complexity index is 754. The van der Waals surface area contributed by atoms with E-state index < -0.39 is 0 Å². The molecule has 3 aromatic heterocycles. The van der Waals surface area contributed by atoms with Crippen LogP contribution in [0.5, 0.6) is 5.88 Å². The van der Waals surface area contributed by atoms with Gasteiger partial charge in [0.25, 0.3) is 0 Å². The van der Waals surface area contributed by atoms with Gasteiger partial charge in [0.05, 0.1) is 37.4 Å². The predicted octanol–water partition coefficient (Wildman–Crippen LogP) is 2.17. The molecule has 3 heterocycles. The molecule has 0 aliphatic heterocycles. The number of nitrogens with one attached hydrogen (secondary N) is 1. The van der Waals surface area contributed by atoms with Crippen molar-refractivity contribution in [3.63, 3.8) is 0 Å². The standard InChI is InChI=1S/C15H18N6O/c1-11(2)10-22-15-9-16-8-13(20-15)18-7-12-3-5-17-14-4-6-19-21(12)14/h3-6,8-9,11H,7,10H2,1-2H3,(H,18,20). The third-order valence-electron chi connectivity index (χ3n) is 3.00. The number of hydrogen-bond acceptors (Lipinski definition) is 6. The van der Waals surface area contributed by atoms with Gasteiger partial charge < -0.3 is 10.1 Å². The van der Waals surface area contributed by atoms with Crippen molar-refractivity contribution in [2.75, 3.05) is 11.9 Å². The Labute approximate surface area is 128 Å². The molecular weight excluding hydrogens is 280 g/mol. The number of nitrogens with zero attached hydrogens (tertiary/aromatic N) is 5.